The Hall–Kier alpha value is -3.15. The van der Waals surface area contributed by atoms with E-state index in [1.807, 2.05) is 30.3 Å². The van der Waals surface area contributed by atoms with Gasteiger partial charge in [0.05, 0.1) is 13.9 Å². The molecule has 3 aromatic carbocycles. The van der Waals surface area contributed by atoms with E-state index in [-0.39, 0.29) is 29.8 Å². The Morgan fingerprint density at radius 1 is 0.950 bits per heavy atom. The van der Waals surface area contributed by atoms with E-state index in [1.54, 1.807) is 35.2 Å². The number of halogens is 3. The van der Waals surface area contributed by atoms with Crippen molar-refractivity contribution in [2.75, 3.05) is 37.6 Å². The summed E-state index contributed by atoms with van der Waals surface area (Å²) in [5, 5.41) is -0.468. The minimum Gasteiger partial charge on any atom is -0.487 e. The van der Waals surface area contributed by atoms with Gasteiger partial charge in [-0.3, -0.25) is 19.3 Å². The molecule has 5 rings (SSSR count). The van der Waals surface area contributed by atoms with Gasteiger partial charge in [-0.2, -0.15) is 0 Å². The van der Waals surface area contributed by atoms with Gasteiger partial charge >= 0.3 is 0 Å². The number of hydrogen-bond donors (Lipinski definition) is 0. The SMILES string of the molecule is O=C(CN1C(=O)S/C(=C/c2cc(Br)c(OCc3ccc(F)cc3)c(Br)c2)C1=O)N1CCN(c2ccccc2)CC1. The molecule has 2 heterocycles. The number of para-hydroxylation sites is 1. The molecule has 3 amide bonds. The van der Waals surface area contributed by atoms with Crippen molar-refractivity contribution in [1.82, 2.24) is 9.80 Å². The van der Waals surface area contributed by atoms with Crippen LogP contribution in [0.25, 0.3) is 6.08 Å². The topological polar surface area (TPSA) is 70.2 Å². The summed E-state index contributed by atoms with van der Waals surface area (Å²) in [5.41, 5.74) is 2.59. The van der Waals surface area contributed by atoms with Crippen molar-refractivity contribution in [1.29, 1.82) is 0 Å². The van der Waals surface area contributed by atoms with Crippen molar-refractivity contribution in [3.05, 3.63) is 97.5 Å². The number of hydrogen-bond acceptors (Lipinski definition) is 6. The summed E-state index contributed by atoms with van der Waals surface area (Å²) in [6, 6.07) is 19.6. The lowest BCUT2D eigenvalue weighted by atomic mass is 10.2. The van der Waals surface area contributed by atoms with Gasteiger partial charge in [0.15, 0.2) is 0 Å². The number of imide groups is 1. The van der Waals surface area contributed by atoms with Crippen LogP contribution in [0.1, 0.15) is 11.1 Å². The Morgan fingerprint density at radius 3 is 2.25 bits per heavy atom. The Labute approximate surface area is 252 Å². The van der Waals surface area contributed by atoms with Gasteiger partial charge in [0.2, 0.25) is 5.91 Å². The quantitative estimate of drug-likeness (QED) is 0.271. The molecule has 0 bridgehead atoms. The average Bonchev–Trinajstić information content (AvgIpc) is 3.21. The van der Waals surface area contributed by atoms with Gasteiger partial charge in [0.1, 0.15) is 24.7 Å². The first-order valence-electron chi connectivity index (χ1n) is 12.5. The lowest BCUT2D eigenvalue weighted by Gasteiger charge is -2.36. The molecular formula is C29H24Br2FN3O4S. The molecule has 0 unspecified atom stereocenters. The largest absolute Gasteiger partial charge is 0.487 e. The number of amides is 3. The molecule has 0 N–H and O–H groups in total. The fraction of sp³-hybridized carbons (Fsp3) is 0.207. The normalized spacial score (nSPS) is 16.7. The highest BCUT2D eigenvalue weighted by atomic mass is 79.9. The number of carbonyl (C=O) groups is 3. The van der Waals surface area contributed by atoms with Crippen LogP contribution in [0.2, 0.25) is 0 Å². The minimum absolute atomic E-state index is 0.241. The summed E-state index contributed by atoms with van der Waals surface area (Å²) in [6.45, 7) is 2.38. The van der Waals surface area contributed by atoms with Crippen LogP contribution in [0, 0.1) is 5.82 Å². The Balaban J connectivity index is 1.20. The van der Waals surface area contributed by atoms with E-state index in [0.717, 1.165) is 27.9 Å². The van der Waals surface area contributed by atoms with Gasteiger partial charge in [-0.15, -0.1) is 0 Å². The summed E-state index contributed by atoms with van der Waals surface area (Å²) in [7, 11) is 0. The molecule has 0 aromatic heterocycles. The second-order valence-corrected chi connectivity index (χ2v) is 11.9. The molecule has 2 aliphatic rings. The van der Waals surface area contributed by atoms with Gasteiger partial charge in [-0.05, 0) is 97.2 Å². The maximum atomic E-state index is 13.1. The highest BCUT2D eigenvalue weighted by molar-refractivity contribution is 9.11. The standard InChI is InChI=1S/C29H24Br2FN3O4S/c30-23-14-20(15-24(31)27(23)39-18-19-6-8-21(32)9-7-19)16-25-28(37)35(29(38)40-25)17-26(36)34-12-10-33(11-13-34)22-4-2-1-3-5-22/h1-9,14-16H,10-13,17-18H2/b25-16+. The van der Waals surface area contributed by atoms with E-state index < -0.39 is 11.1 Å². The third-order valence-corrected chi connectivity index (χ3v) is 8.62. The number of nitrogens with zero attached hydrogens (tertiary/aromatic N) is 3. The van der Waals surface area contributed by atoms with E-state index >= 15 is 0 Å². The zero-order chi connectivity index (χ0) is 28.2. The smallest absolute Gasteiger partial charge is 0.294 e. The van der Waals surface area contributed by atoms with Gasteiger partial charge in [-0.1, -0.05) is 30.3 Å². The Morgan fingerprint density at radius 2 is 1.60 bits per heavy atom. The number of piperazine rings is 1. The minimum atomic E-state index is -0.491. The van der Waals surface area contributed by atoms with Crippen molar-refractivity contribution in [2.45, 2.75) is 6.61 Å². The fourth-order valence-electron chi connectivity index (χ4n) is 4.41. The molecule has 2 aliphatic heterocycles. The molecule has 0 atom stereocenters. The summed E-state index contributed by atoms with van der Waals surface area (Å²) < 4.78 is 20.3. The number of carbonyl (C=O) groups excluding carboxylic acids is 3. The fourth-order valence-corrected chi connectivity index (χ4v) is 6.70. The summed E-state index contributed by atoms with van der Waals surface area (Å²) in [5.74, 6) is -0.502. The van der Waals surface area contributed by atoms with Crippen LogP contribution in [0.15, 0.2) is 80.6 Å². The molecule has 0 spiro atoms. The molecule has 2 fully saturated rings. The van der Waals surface area contributed by atoms with Crippen LogP contribution in [-0.4, -0.2) is 59.6 Å². The zero-order valence-corrected chi connectivity index (χ0v) is 25.2. The van der Waals surface area contributed by atoms with Crippen molar-refractivity contribution >= 4 is 72.4 Å². The van der Waals surface area contributed by atoms with Gasteiger partial charge in [-0.25, -0.2) is 4.39 Å². The molecule has 206 valence electrons. The van der Waals surface area contributed by atoms with Crippen LogP contribution in [0.3, 0.4) is 0 Å². The van der Waals surface area contributed by atoms with E-state index in [2.05, 4.69) is 36.8 Å². The summed E-state index contributed by atoms with van der Waals surface area (Å²) >= 11 is 7.82. The maximum Gasteiger partial charge on any atom is 0.294 e. The second-order valence-electron chi connectivity index (χ2n) is 9.20. The van der Waals surface area contributed by atoms with Crippen LogP contribution in [0.4, 0.5) is 14.9 Å². The molecule has 2 saturated heterocycles. The van der Waals surface area contributed by atoms with Crippen LogP contribution in [0.5, 0.6) is 5.75 Å². The van der Waals surface area contributed by atoms with Crippen molar-refractivity contribution in [2.24, 2.45) is 0 Å². The second kappa shape index (κ2) is 12.6. The van der Waals surface area contributed by atoms with E-state index in [4.69, 9.17) is 4.74 Å². The predicted octanol–water partition coefficient (Wildman–Crippen LogP) is 6.31. The van der Waals surface area contributed by atoms with Crippen LogP contribution in [-0.2, 0) is 16.2 Å². The number of rotatable bonds is 7. The number of anilines is 1. The number of ether oxygens (including phenoxy) is 1. The molecule has 3 aromatic rings. The average molecular weight is 689 g/mol. The number of thioether (sulfide) groups is 1. The predicted molar refractivity (Wildman–Crippen MR) is 160 cm³/mol. The van der Waals surface area contributed by atoms with Crippen molar-refractivity contribution in [3.63, 3.8) is 0 Å². The van der Waals surface area contributed by atoms with Crippen molar-refractivity contribution in [3.8, 4) is 5.75 Å². The number of benzene rings is 3. The van der Waals surface area contributed by atoms with Gasteiger partial charge in [0.25, 0.3) is 11.1 Å². The molecular weight excluding hydrogens is 665 g/mol. The van der Waals surface area contributed by atoms with Crippen molar-refractivity contribution < 1.29 is 23.5 Å². The maximum absolute atomic E-state index is 13.1. The summed E-state index contributed by atoms with van der Waals surface area (Å²) in [6.07, 6.45) is 1.62. The third-order valence-electron chi connectivity index (χ3n) is 6.54. The molecule has 7 nitrogen and oxygen atoms in total. The monoisotopic (exact) mass is 687 g/mol. The molecule has 11 heteroatoms. The van der Waals surface area contributed by atoms with Gasteiger partial charge < -0.3 is 14.5 Å². The Bertz CT molecular complexity index is 1440. The van der Waals surface area contributed by atoms with E-state index in [0.29, 0.717) is 46.4 Å². The first kappa shape index (κ1) is 28.4. The van der Waals surface area contributed by atoms with Crippen LogP contribution >= 0.6 is 43.6 Å². The third kappa shape index (κ3) is 6.59. The first-order chi connectivity index (χ1) is 19.3. The molecule has 0 radical (unpaired) electrons. The summed E-state index contributed by atoms with van der Waals surface area (Å²) in [4.78, 5) is 43.8. The molecule has 40 heavy (non-hydrogen) atoms. The van der Waals surface area contributed by atoms with E-state index in [1.165, 1.54) is 12.1 Å². The first-order valence-corrected chi connectivity index (χ1v) is 14.9. The van der Waals surface area contributed by atoms with E-state index in [9.17, 15) is 18.8 Å². The highest BCUT2D eigenvalue weighted by Gasteiger charge is 2.37. The highest BCUT2D eigenvalue weighted by Crippen LogP contribution is 2.38. The lowest BCUT2D eigenvalue weighted by Crippen LogP contribution is -2.51. The molecule has 0 saturated carbocycles. The van der Waals surface area contributed by atoms with Gasteiger partial charge in [0, 0.05) is 31.9 Å². The lowest BCUT2D eigenvalue weighted by molar-refractivity contribution is -0.136. The Kier molecular flexibility index (Phi) is 8.92. The van der Waals surface area contributed by atoms with Crippen LogP contribution < -0.4 is 9.64 Å². The molecule has 0 aliphatic carbocycles. The zero-order valence-electron chi connectivity index (χ0n) is 21.2.